The van der Waals surface area contributed by atoms with E-state index in [0.29, 0.717) is 6.42 Å². The molecule has 0 aromatic rings. The molecule has 0 saturated heterocycles. The summed E-state index contributed by atoms with van der Waals surface area (Å²) in [7, 11) is 6.26. The van der Waals surface area contributed by atoms with E-state index < -0.39 is 14.8 Å². The molecule has 0 heterocycles. The molecule has 0 radical (unpaired) electrons. The highest BCUT2D eigenvalue weighted by molar-refractivity contribution is 6.62. The zero-order valence-electron chi connectivity index (χ0n) is 11.7. The van der Waals surface area contributed by atoms with Crippen LogP contribution in [0.5, 0.6) is 0 Å². The molecule has 0 aromatic carbocycles. The first-order chi connectivity index (χ1) is 8.06. The predicted octanol–water partition coefficient (Wildman–Crippen LogP) is 1.24. The van der Waals surface area contributed by atoms with Crippen LogP contribution in [0.1, 0.15) is 13.3 Å². The molecule has 0 spiro atoms. The molecule has 1 unspecified atom stereocenters. The van der Waals surface area contributed by atoms with Crippen LogP contribution in [0.2, 0.25) is 5.54 Å². The topological polar surface area (TPSA) is 55.4 Å². The number of hydrogen-bond donors (Lipinski definition) is 0. The fourth-order valence-electron chi connectivity index (χ4n) is 2.07. The summed E-state index contributed by atoms with van der Waals surface area (Å²) in [6.07, 6.45) is 0.664. The van der Waals surface area contributed by atoms with Gasteiger partial charge in [0.1, 0.15) is 5.54 Å². The van der Waals surface area contributed by atoms with Crippen molar-refractivity contribution in [1.29, 1.82) is 0 Å². The van der Waals surface area contributed by atoms with Crippen LogP contribution in [0.4, 0.5) is 0 Å². The Hall–Kier alpha value is -0.0231. The summed E-state index contributed by atoms with van der Waals surface area (Å²) in [4.78, 5) is 0. The second-order valence-corrected chi connectivity index (χ2v) is 6.52. The third-order valence-electron chi connectivity index (χ3n) is 2.97. The molecule has 0 fully saturated rings. The molecular weight excluding hydrogens is 244 g/mol. The van der Waals surface area contributed by atoms with Crippen LogP contribution in [0.25, 0.3) is 0 Å². The van der Waals surface area contributed by atoms with Gasteiger partial charge in [-0.2, -0.15) is 0 Å². The summed E-state index contributed by atoms with van der Waals surface area (Å²) in [5.74, 6) is -1.23. The Labute approximate surface area is 104 Å². The van der Waals surface area contributed by atoms with Gasteiger partial charge in [0.05, 0.1) is 0 Å². The van der Waals surface area contributed by atoms with Gasteiger partial charge in [-0.15, -0.1) is 0 Å². The minimum atomic E-state index is -2.92. The van der Waals surface area contributed by atoms with Crippen molar-refractivity contribution in [3.63, 3.8) is 0 Å². The van der Waals surface area contributed by atoms with Gasteiger partial charge in [-0.1, -0.05) is 6.92 Å². The van der Waals surface area contributed by atoms with Gasteiger partial charge in [-0.3, -0.25) is 0 Å². The number of hydrogen-bond acceptors (Lipinski definition) is 6. The molecule has 0 aliphatic carbocycles. The first-order valence-electron chi connectivity index (χ1n) is 5.37. The van der Waals surface area contributed by atoms with Crippen molar-refractivity contribution in [3.8, 4) is 0 Å². The first kappa shape index (κ1) is 17.0. The second-order valence-electron chi connectivity index (χ2n) is 3.39. The molecule has 6 nitrogen and oxygen atoms in total. The van der Waals surface area contributed by atoms with Gasteiger partial charge in [-0.25, -0.2) is 0 Å². The molecule has 1 atom stereocenters. The summed E-state index contributed by atoms with van der Waals surface area (Å²) in [5, 5.41) is 0. The van der Waals surface area contributed by atoms with Gasteiger partial charge >= 0.3 is 8.80 Å². The Balaban J connectivity index is 5.39. The fourth-order valence-corrected chi connectivity index (χ4v) is 4.71. The van der Waals surface area contributed by atoms with Gasteiger partial charge in [0.25, 0.3) is 5.97 Å². The van der Waals surface area contributed by atoms with E-state index in [1.54, 1.807) is 21.3 Å². The van der Waals surface area contributed by atoms with Crippen LogP contribution >= 0.6 is 0 Å². The molecule has 104 valence electrons. The van der Waals surface area contributed by atoms with Crippen molar-refractivity contribution in [1.82, 2.24) is 0 Å². The molecule has 0 bridgehead atoms. The quantitative estimate of drug-likeness (QED) is 0.463. The van der Waals surface area contributed by atoms with Crippen molar-refractivity contribution in [3.05, 3.63) is 0 Å². The van der Waals surface area contributed by atoms with E-state index in [1.807, 2.05) is 6.92 Å². The summed E-state index contributed by atoms with van der Waals surface area (Å²) in [6, 6.07) is 0. The SMILES string of the molecule is CCC(C(OC)(OC)OC)[Si](OC)(OC)OC. The average Bonchev–Trinajstić information content (AvgIpc) is 2.40. The van der Waals surface area contributed by atoms with Gasteiger partial charge in [0, 0.05) is 42.7 Å². The lowest BCUT2D eigenvalue weighted by Crippen LogP contribution is -2.58. The van der Waals surface area contributed by atoms with Crippen molar-refractivity contribution in [2.24, 2.45) is 0 Å². The highest BCUT2D eigenvalue weighted by Gasteiger charge is 2.59. The standard InChI is InChI=1S/C10H24O6Si/c1-8-9(10(11-2,12-3)13-4)17(14-5,15-6)16-7/h9H,8H2,1-7H3. The van der Waals surface area contributed by atoms with Gasteiger partial charge in [-0.05, 0) is 6.42 Å². The summed E-state index contributed by atoms with van der Waals surface area (Å²) < 4.78 is 32.4. The van der Waals surface area contributed by atoms with E-state index in [1.165, 1.54) is 21.3 Å². The van der Waals surface area contributed by atoms with Crippen LogP contribution in [-0.4, -0.2) is 57.4 Å². The lowest BCUT2D eigenvalue weighted by molar-refractivity contribution is -0.359. The molecule has 0 aromatic heterocycles. The van der Waals surface area contributed by atoms with Gasteiger partial charge in [0.15, 0.2) is 0 Å². The number of ether oxygens (including phenoxy) is 3. The summed E-state index contributed by atoms with van der Waals surface area (Å²) in [6.45, 7) is 1.97. The van der Waals surface area contributed by atoms with Gasteiger partial charge in [0.2, 0.25) is 0 Å². The molecule has 7 heteroatoms. The van der Waals surface area contributed by atoms with E-state index >= 15 is 0 Å². The maximum absolute atomic E-state index is 5.46. The lowest BCUT2D eigenvalue weighted by Gasteiger charge is -2.41. The average molecular weight is 268 g/mol. The summed E-state index contributed by atoms with van der Waals surface area (Å²) in [5.41, 5.74) is -0.296. The minimum absolute atomic E-state index is 0.296. The van der Waals surface area contributed by atoms with Crippen LogP contribution in [0, 0.1) is 0 Å². The molecule has 0 aliphatic heterocycles. The number of rotatable bonds is 9. The van der Waals surface area contributed by atoms with Crippen LogP contribution in [0.3, 0.4) is 0 Å². The van der Waals surface area contributed by atoms with Crippen molar-refractivity contribution in [2.75, 3.05) is 42.7 Å². The zero-order valence-corrected chi connectivity index (χ0v) is 12.7. The molecule has 0 N–H and O–H groups in total. The third-order valence-corrected chi connectivity index (χ3v) is 6.29. The molecule has 0 aliphatic rings. The highest BCUT2D eigenvalue weighted by atomic mass is 28.4. The lowest BCUT2D eigenvalue weighted by atomic mass is 10.3. The maximum atomic E-state index is 5.46. The zero-order chi connectivity index (χ0) is 13.5. The Morgan fingerprint density at radius 3 is 1.35 bits per heavy atom. The highest BCUT2D eigenvalue weighted by Crippen LogP contribution is 2.40. The second kappa shape index (κ2) is 7.42. The fraction of sp³-hybridized carbons (Fsp3) is 1.00. The Bertz CT molecular complexity index is 168. The van der Waals surface area contributed by atoms with E-state index in [-0.39, 0.29) is 5.54 Å². The molecule has 0 amide bonds. The van der Waals surface area contributed by atoms with E-state index in [9.17, 15) is 0 Å². The van der Waals surface area contributed by atoms with Crippen LogP contribution < -0.4 is 0 Å². The Morgan fingerprint density at radius 2 is 1.18 bits per heavy atom. The first-order valence-corrected chi connectivity index (χ1v) is 7.17. The summed E-state index contributed by atoms with van der Waals surface area (Å²) >= 11 is 0. The van der Waals surface area contributed by atoms with E-state index in [2.05, 4.69) is 0 Å². The normalized spacial score (nSPS) is 15.0. The molecular formula is C10H24O6Si. The van der Waals surface area contributed by atoms with E-state index in [4.69, 9.17) is 27.5 Å². The monoisotopic (exact) mass is 268 g/mol. The van der Waals surface area contributed by atoms with Crippen molar-refractivity contribution in [2.45, 2.75) is 24.9 Å². The minimum Gasteiger partial charge on any atom is -0.376 e. The maximum Gasteiger partial charge on any atom is 0.511 e. The van der Waals surface area contributed by atoms with Crippen molar-refractivity contribution >= 4 is 8.80 Å². The molecule has 0 saturated carbocycles. The van der Waals surface area contributed by atoms with Crippen molar-refractivity contribution < 1.29 is 27.5 Å². The van der Waals surface area contributed by atoms with Crippen LogP contribution in [0.15, 0.2) is 0 Å². The molecule has 0 rings (SSSR count). The number of methoxy groups -OCH3 is 3. The third kappa shape index (κ3) is 3.05. The Kier molecular flexibility index (Phi) is 7.41. The molecule has 17 heavy (non-hydrogen) atoms. The van der Waals surface area contributed by atoms with Crippen LogP contribution in [-0.2, 0) is 27.5 Å². The van der Waals surface area contributed by atoms with E-state index in [0.717, 1.165) is 0 Å². The Morgan fingerprint density at radius 1 is 0.824 bits per heavy atom. The van der Waals surface area contributed by atoms with Gasteiger partial charge < -0.3 is 27.5 Å². The predicted molar refractivity (Wildman–Crippen MR) is 64.6 cm³/mol. The smallest absolute Gasteiger partial charge is 0.376 e. The largest absolute Gasteiger partial charge is 0.511 e.